The molecule has 0 radical (unpaired) electrons. The highest BCUT2D eigenvalue weighted by Crippen LogP contribution is 2.44. The third-order valence-electron chi connectivity index (χ3n) is 10.7. The van der Waals surface area contributed by atoms with Crippen LogP contribution in [-0.2, 0) is 49.4 Å². The number of aliphatic carboxylic acids is 1. The molecule has 5 atom stereocenters. The fourth-order valence-electron chi connectivity index (χ4n) is 7.39. The molecule has 6 amide bonds. The Balaban J connectivity index is 1.43. The highest BCUT2D eigenvalue weighted by atomic mass is 16.5. The number of ether oxygens (including phenoxy) is 3. The smallest absolute Gasteiger partial charge is 0.407 e. The third-order valence-corrected chi connectivity index (χ3v) is 10.7. The van der Waals surface area contributed by atoms with Gasteiger partial charge in [0, 0.05) is 18.9 Å². The highest BCUT2D eigenvalue weighted by Gasteiger charge is 2.35. The molecule has 1 fully saturated rings. The molecule has 17 heteroatoms. The Kier molecular flexibility index (Phi) is 17.2. The second kappa shape index (κ2) is 22.5. The summed E-state index contributed by atoms with van der Waals surface area (Å²) in [5.41, 5.74) is 3.19. The van der Waals surface area contributed by atoms with Crippen molar-refractivity contribution in [2.45, 2.75) is 121 Å². The van der Waals surface area contributed by atoms with Gasteiger partial charge in [-0.2, -0.15) is 0 Å². The summed E-state index contributed by atoms with van der Waals surface area (Å²) in [7, 11) is 0. The van der Waals surface area contributed by atoms with Gasteiger partial charge in [-0.1, -0.05) is 78.9 Å². The van der Waals surface area contributed by atoms with Gasteiger partial charge in [0.2, 0.25) is 29.5 Å². The quantitative estimate of drug-likeness (QED) is 0.156. The largest absolute Gasteiger partial charge is 0.480 e. The summed E-state index contributed by atoms with van der Waals surface area (Å²) >= 11 is 0. The number of hydrogen-bond acceptors (Lipinski definition) is 10. The van der Waals surface area contributed by atoms with E-state index in [1.807, 2.05) is 48.5 Å². The lowest BCUT2D eigenvalue weighted by Gasteiger charge is -2.29. The average molecular weight is 899 g/mol. The Morgan fingerprint density at radius 1 is 0.646 bits per heavy atom. The third kappa shape index (κ3) is 15.1. The first-order valence-corrected chi connectivity index (χ1v) is 21.9. The molecule has 2 aliphatic rings. The van der Waals surface area contributed by atoms with Crippen LogP contribution in [-0.4, -0.2) is 114 Å². The van der Waals surface area contributed by atoms with E-state index in [1.165, 1.54) is 0 Å². The lowest BCUT2D eigenvalue weighted by atomic mass is 9.98. The van der Waals surface area contributed by atoms with E-state index in [0.29, 0.717) is 12.0 Å². The molecule has 0 saturated carbocycles. The number of carboxylic acids is 1. The molecule has 5 rings (SSSR count). The van der Waals surface area contributed by atoms with Crippen LogP contribution in [0.4, 0.5) is 4.79 Å². The first-order valence-electron chi connectivity index (χ1n) is 21.9. The number of nitrogens with one attached hydrogen (secondary N) is 6. The lowest BCUT2D eigenvalue weighted by molar-refractivity contribution is -0.144. The topological polar surface area (TPSA) is 240 Å². The van der Waals surface area contributed by atoms with Gasteiger partial charge in [0.25, 0.3) is 0 Å². The van der Waals surface area contributed by atoms with Gasteiger partial charge in [0.05, 0.1) is 30.8 Å². The maximum absolute atomic E-state index is 14.3. The molecule has 0 aromatic heterocycles. The van der Waals surface area contributed by atoms with E-state index < -0.39 is 89.4 Å². The van der Waals surface area contributed by atoms with E-state index in [2.05, 4.69) is 31.9 Å². The summed E-state index contributed by atoms with van der Waals surface area (Å²) in [6.07, 6.45) is -0.912. The second-order valence-corrected chi connectivity index (χ2v) is 18.2. The molecule has 1 aliphatic carbocycles. The van der Waals surface area contributed by atoms with Gasteiger partial charge in [-0.05, 0) is 88.6 Å². The van der Waals surface area contributed by atoms with Crippen molar-refractivity contribution in [3.8, 4) is 11.1 Å². The average Bonchev–Trinajstić information content (AvgIpc) is 3.57. The molecule has 1 heterocycles. The molecular formula is C48H62N6O11. The Morgan fingerprint density at radius 3 is 1.72 bits per heavy atom. The van der Waals surface area contributed by atoms with E-state index in [0.717, 1.165) is 22.3 Å². The molecule has 350 valence electrons. The molecule has 17 nitrogen and oxygen atoms in total. The Bertz CT molecular complexity index is 2120. The second-order valence-electron chi connectivity index (χ2n) is 18.2. The van der Waals surface area contributed by atoms with Gasteiger partial charge in [-0.15, -0.1) is 0 Å². The summed E-state index contributed by atoms with van der Waals surface area (Å²) in [6.45, 7) is 9.83. The van der Waals surface area contributed by atoms with E-state index in [1.54, 1.807) is 71.9 Å². The molecule has 65 heavy (non-hydrogen) atoms. The van der Waals surface area contributed by atoms with Crippen LogP contribution < -0.4 is 31.9 Å². The van der Waals surface area contributed by atoms with Gasteiger partial charge >= 0.3 is 12.1 Å². The lowest BCUT2D eigenvalue weighted by Crippen LogP contribution is -2.61. The van der Waals surface area contributed by atoms with Crippen LogP contribution in [0, 0.1) is 0 Å². The number of rotatable bonds is 10. The minimum atomic E-state index is -1.67. The number of amides is 6. The van der Waals surface area contributed by atoms with Crippen LogP contribution in [0.3, 0.4) is 0 Å². The van der Waals surface area contributed by atoms with Gasteiger partial charge in [0.15, 0.2) is 0 Å². The summed E-state index contributed by atoms with van der Waals surface area (Å²) < 4.78 is 17.6. The molecular weight excluding hydrogens is 837 g/mol. The van der Waals surface area contributed by atoms with E-state index in [-0.39, 0.29) is 51.5 Å². The number of carboxylic acid groups (broad SMARTS) is 1. The van der Waals surface area contributed by atoms with E-state index in [9.17, 15) is 38.7 Å². The molecule has 1 aliphatic heterocycles. The van der Waals surface area contributed by atoms with Gasteiger partial charge in [-0.3, -0.25) is 24.0 Å². The highest BCUT2D eigenvalue weighted by molar-refractivity contribution is 5.96. The zero-order valence-corrected chi connectivity index (χ0v) is 37.9. The van der Waals surface area contributed by atoms with E-state index in [4.69, 9.17) is 14.2 Å². The maximum Gasteiger partial charge on any atom is 0.407 e. The van der Waals surface area contributed by atoms with Gasteiger partial charge < -0.3 is 51.2 Å². The summed E-state index contributed by atoms with van der Waals surface area (Å²) in [6, 6.07) is 17.4. The van der Waals surface area contributed by atoms with Crippen LogP contribution in [0.5, 0.6) is 0 Å². The predicted molar refractivity (Wildman–Crippen MR) is 240 cm³/mol. The number of fused-ring (bicyclic) bond motifs is 3. The van der Waals surface area contributed by atoms with Crippen molar-refractivity contribution in [1.29, 1.82) is 0 Å². The predicted octanol–water partition coefficient (Wildman–Crippen LogP) is 3.48. The molecule has 3 aromatic carbocycles. The minimum absolute atomic E-state index is 0.0173. The first kappa shape index (κ1) is 49.7. The molecule has 0 spiro atoms. The standard InChI is InChI=1S/C48H62N6O11/c1-47(2,3)64-27-38-43(58)50-36(24-29-16-8-7-9-17-29)42(57)53-39(28-65-48(4,5)6)44(59)51-37(45(60)61)25-40(55)49-23-15-14-22-35(41(56)52-38)54-46(62)63-26-34-32-20-12-10-18-30(32)31-19-11-13-21-33(31)34/h7-13,16-21,34-39H,14-15,22-28H2,1-6H3,(H,49,55)(H,50,58)(H,51,59)(H,52,56)(H,53,57)(H,54,62)(H,60,61)/t35-,36-,37-,38-,39-/m0/s1. The molecule has 0 bridgehead atoms. The minimum Gasteiger partial charge on any atom is -0.480 e. The first-order chi connectivity index (χ1) is 30.8. The van der Waals surface area contributed by atoms with Crippen molar-refractivity contribution in [3.05, 3.63) is 95.6 Å². The summed E-state index contributed by atoms with van der Waals surface area (Å²) in [5.74, 6) is -5.69. The SMILES string of the molecule is CC(C)(C)OC[C@@H]1NC(=O)[C@H](Cc2ccccc2)NC(=O)[C@H](COC(C)(C)C)NC(=O)[C@@H](NC(=O)OCC2c3ccccc3-c3ccccc32)CCCCNC(=O)C[C@@H](C(=O)O)NC1=O. The van der Waals surface area contributed by atoms with Crippen molar-refractivity contribution in [1.82, 2.24) is 31.9 Å². The van der Waals surface area contributed by atoms with Crippen molar-refractivity contribution >= 4 is 41.6 Å². The number of carbonyl (C=O) groups is 7. The number of carbonyl (C=O) groups excluding carboxylic acids is 6. The zero-order valence-electron chi connectivity index (χ0n) is 37.9. The Morgan fingerprint density at radius 2 is 1.15 bits per heavy atom. The molecule has 1 saturated heterocycles. The van der Waals surface area contributed by atoms with Gasteiger partial charge in [-0.25, -0.2) is 9.59 Å². The molecule has 7 N–H and O–H groups in total. The fraction of sp³-hybridized carbons (Fsp3) is 0.479. The Hall–Kier alpha value is -6.33. The van der Waals surface area contributed by atoms with Crippen molar-refractivity contribution in [2.75, 3.05) is 26.4 Å². The zero-order chi connectivity index (χ0) is 47.3. The van der Waals surface area contributed by atoms with Crippen molar-refractivity contribution < 1.29 is 52.9 Å². The van der Waals surface area contributed by atoms with Crippen LogP contribution in [0.25, 0.3) is 11.1 Å². The summed E-state index contributed by atoms with van der Waals surface area (Å²) in [4.78, 5) is 95.3. The monoisotopic (exact) mass is 898 g/mol. The van der Waals surface area contributed by atoms with Crippen molar-refractivity contribution in [2.24, 2.45) is 0 Å². The number of alkyl carbamates (subject to hydrolysis) is 1. The van der Waals surface area contributed by atoms with Crippen molar-refractivity contribution in [3.63, 3.8) is 0 Å². The van der Waals surface area contributed by atoms with Crippen LogP contribution in [0.15, 0.2) is 78.9 Å². The van der Waals surface area contributed by atoms with Crippen LogP contribution in [0.2, 0.25) is 0 Å². The molecule has 3 aromatic rings. The maximum atomic E-state index is 14.3. The normalized spacial score (nSPS) is 21.9. The van der Waals surface area contributed by atoms with Crippen LogP contribution in [0.1, 0.15) is 89.8 Å². The Labute approximate surface area is 379 Å². The van der Waals surface area contributed by atoms with Crippen LogP contribution >= 0.6 is 0 Å². The number of benzene rings is 3. The summed E-state index contributed by atoms with van der Waals surface area (Å²) in [5, 5.41) is 25.7. The van der Waals surface area contributed by atoms with Gasteiger partial charge in [0.1, 0.15) is 36.8 Å². The number of hydrogen-bond donors (Lipinski definition) is 7. The molecule has 0 unspecified atom stereocenters. The van der Waals surface area contributed by atoms with E-state index >= 15 is 0 Å². The fourth-order valence-corrected chi connectivity index (χ4v) is 7.39.